The highest BCUT2D eigenvalue weighted by Gasteiger charge is 2.23. The van der Waals surface area contributed by atoms with Crippen LogP contribution in [-0.2, 0) is 12.4 Å². The maximum Gasteiger partial charge on any atom is 0.160 e. The zero-order valence-corrected chi connectivity index (χ0v) is 12.3. The molecule has 19 heavy (non-hydrogen) atoms. The average Bonchev–Trinajstić information content (AvgIpc) is 2.96. The second-order valence-electron chi connectivity index (χ2n) is 5.86. The van der Waals surface area contributed by atoms with E-state index in [1.807, 2.05) is 12.3 Å². The van der Waals surface area contributed by atoms with E-state index < -0.39 is 0 Å². The van der Waals surface area contributed by atoms with Crippen molar-refractivity contribution in [1.82, 2.24) is 14.5 Å². The molecule has 0 N–H and O–H groups in total. The van der Waals surface area contributed by atoms with Crippen molar-refractivity contribution in [3.63, 3.8) is 0 Å². The van der Waals surface area contributed by atoms with Gasteiger partial charge in [-0.3, -0.25) is 0 Å². The molecule has 3 nitrogen and oxygen atoms in total. The van der Waals surface area contributed by atoms with Crippen LogP contribution in [0.2, 0.25) is 0 Å². The summed E-state index contributed by atoms with van der Waals surface area (Å²) in [6, 6.07) is 2.01. The first kappa shape index (κ1) is 12.9. The number of imidazole rings is 1. The van der Waals surface area contributed by atoms with Crippen molar-refractivity contribution in [2.24, 2.45) is 11.8 Å². The van der Waals surface area contributed by atoms with Gasteiger partial charge in [-0.2, -0.15) is 0 Å². The van der Waals surface area contributed by atoms with E-state index in [4.69, 9.17) is 11.6 Å². The predicted molar refractivity (Wildman–Crippen MR) is 78.3 cm³/mol. The highest BCUT2D eigenvalue weighted by atomic mass is 35.5. The largest absolute Gasteiger partial charge is 0.311 e. The summed E-state index contributed by atoms with van der Waals surface area (Å²) in [5.74, 6) is 3.02. The molecule has 1 fully saturated rings. The molecule has 1 aliphatic carbocycles. The third kappa shape index (κ3) is 2.36. The fourth-order valence-corrected chi connectivity index (χ4v) is 3.43. The van der Waals surface area contributed by atoms with E-state index >= 15 is 0 Å². The molecule has 0 aromatic carbocycles. The average molecular weight is 278 g/mol. The van der Waals surface area contributed by atoms with Crippen LogP contribution in [-0.4, -0.2) is 14.5 Å². The van der Waals surface area contributed by atoms with Crippen molar-refractivity contribution in [1.29, 1.82) is 0 Å². The van der Waals surface area contributed by atoms with Gasteiger partial charge in [-0.15, -0.1) is 11.6 Å². The Morgan fingerprint density at radius 2 is 2.26 bits per heavy atom. The molecule has 4 heteroatoms. The minimum atomic E-state index is 0.456. The zero-order valence-electron chi connectivity index (χ0n) is 11.6. The molecule has 0 spiro atoms. The summed E-state index contributed by atoms with van der Waals surface area (Å²) in [5, 5.41) is 0. The van der Waals surface area contributed by atoms with Gasteiger partial charge in [0.25, 0.3) is 0 Å². The maximum absolute atomic E-state index is 6.06. The molecule has 0 bridgehead atoms. The molecule has 0 radical (unpaired) electrons. The van der Waals surface area contributed by atoms with Crippen LogP contribution in [0.15, 0.2) is 12.3 Å². The molecule has 2 heterocycles. The molecule has 0 saturated heterocycles. The smallest absolute Gasteiger partial charge is 0.160 e. The molecular formula is C15H20ClN3. The number of hydrogen-bond acceptors (Lipinski definition) is 2. The summed E-state index contributed by atoms with van der Waals surface area (Å²) >= 11 is 6.06. The van der Waals surface area contributed by atoms with Gasteiger partial charge in [0.1, 0.15) is 11.3 Å². The minimum absolute atomic E-state index is 0.456. The zero-order chi connectivity index (χ0) is 13.4. The normalized spacial score (nSPS) is 23.3. The number of nitrogens with zero attached hydrogens (tertiary/aromatic N) is 3. The number of hydrogen-bond donors (Lipinski definition) is 0. The quantitative estimate of drug-likeness (QED) is 0.796. The second-order valence-corrected chi connectivity index (χ2v) is 6.12. The first-order valence-corrected chi connectivity index (χ1v) is 7.59. The molecule has 0 aliphatic heterocycles. The molecule has 0 amide bonds. The molecule has 102 valence electrons. The SMILES string of the molecule is Cc1ccnc2c1nc(CCl)n2CC1CCC(C)C1. The van der Waals surface area contributed by atoms with Crippen LogP contribution in [0.25, 0.3) is 11.2 Å². The Morgan fingerprint density at radius 3 is 2.95 bits per heavy atom. The molecule has 2 aromatic heterocycles. The van der Waals surface area contributed by atoms with E-state index in [1.54, 1.807) is 0 Å². The van der Waals surface area contributed by atoms with Crippen molar-refractivity contribution in [3.05, 3.63) is 23.7 Å². The molecule has 3 rings (SSSR count). The van der Waals surface area contributed by atoms with E-state index in [2.05, 4.69) is 28.4 Å². The number of fused-ring (bicyclic) bond motifs is 1. The maximum atomic E-state index is 6.06. The first-order chi connectivity index (χ1) is 9.19. The predicted octanol–water partition coefficient (Wildman–Crippen LogP) is 3.91. The number of aryl methyl sites for hydroxylation is 1. The number of alkyl halides is 1. The van der Waals surface area contributed by atoms with E-state index in [1.165, 1.54) is 24.8 Å². The van der Waals surface area contributed by atoms with Crippen molar-refractivity contribution in [3.8, 4) is 0 Å². The summed E-state index contributed by atoms with van der Waals surface area (Å²) in [5.41, 5.74) is 3.18. The topological polar surface area (TPSA) is 30.7 Å². The van der Waals surface area contributed by atoms with Crippen molar-refractivity contribution in [2.75, 3.05) is 0 Å². The number of halogens is 1. The van der Waals surface area contributed by atoms with E-state index in [9.17, 15) is 0 Å². The van der Waals surface area contributed by atoms with Gasteiger partial charge in [-0.1, -0.05) is 13.3 Å². The lowest BCUT2D eigenvalue weighted by Gasteiger charge is -2.13. The summed E-state index contributed by atoms with van der Waals surface area (Å²) in [6.45, 7) is 5.44. The van der Waals surface area contributed by atoms with Crippen LogP contribution in [0.5, 0.6) is 0 Å². The van der Waals surface area contributed by atoms with Crippen LogP contribution in [0.1, 0.15) is 37.6 Å². The standard InChI is InChI=1S/C15H20ClN3/c1-10-3-4-12(7-10)9-19-13(8-16)18-14-11(2)5-6-17-15(14)19/h5-6,10,12H,3-4,7-9H2,1-2H3. The first-order valence-electron chi connectivity index (χ1n) is 7.05. The Bertz CT molecular complexity index is 590. The van der Waals surface area contributed by atoms with Gasteiger partial charge in [0.05, 0.1) is 5.88 Å². The molecule has 2 unspecified atom stereocenters. The van der Waals surface area contributed by atoms with E-state index in [0.29, 0.717) is 5.88 Å². The third-order valence-corrected chi connectivity index (χ3v) is 4.52. The number of rotatable bonds is 3. The highest BCUT2D eigenvalue weighted by Crippen LogP contribution is 2.32. The fraction of sp³-hybridized carbons (Fsp3) is 0.600. The Kier molecular flexibility index (Phi) is 3.48. The second kappa shape index (κ2) is 5.12. The van der Waals surface area contributed by atoms with Crippen LogP contribution in [0.3, 0.4) is 0 Å². The van der Waals surface area contributed by atoms with Crippen LogP contribution >= 0.6 is 11.6 Å². The van der Waals surface area contributed by atoms with Gasteiger partial charge < -0.3 is 4.57 Å². The Labute approximate surface area is 119 Å². The van der Waals surface area contributed by atoms with Crippen LogP contribution < -0.4 is 0 Å². The molecule has 1 saturated carbocycles. The van der Waals surface area contributed by atoms with Crippen LogP contribution in [0, 0.1) is 18.8 Å². The Morgan fingerprint density at radius 1 is 1.42 bits per heavy atom. The Hall–Kier alpha value is -1.09. The number of aromatic nitrogens is 3. The van der Waals surface area contributed by atoms with Gasteiger partial charge in [0.2, 0.25) is 0 Å². The summed E-state index contributed by atoms with van der Waals surface area (Å²) < 4.78 is 2.23. The van der Waals surface area contributed by atoms with Gasteiger partial charge in [-0.25, -0.2) is 9.97 Å². The third-order valence-electron chi connectivity index (χ3n) is 4.28. The van der Waals surface area contributed by atoms with E-state index in [-0.39, 0.29) is 0 Å². The fourth-order valence-electron chi connectivity index (χ4n) is 3.23. The lowest BCUT2D eigenvalue weighted by Crippen LogP contribution is -2.11. The van der Waals surface area contributed by atoms with Gasteiger partial charge in [-0.05, 0) is 43.2 Å². The molecular weight excluding hydrogens is 258 g/mol. The van der Waals surface area contributed by atoms with Crippen molar-refractivity contribution < 1.29 is 0 Å². The monoisotopic (exact) mass is 277 g/mol. The van der Waals surface area contributed by atoms with Gasteiger partial charge in [0.15, 0.2) is 5.65 Å². The van der Waals surface area contributed by atoms with Gasteiger partial charge >= 0.3 is 0 Å². The summed E-state index contributed by atoms with van der Waals surface area (Å²) in [7, 11) is 0. The minimum Gasteiger partial charge on any atom is -0.311 e. The highest BCUT2D eigenvalue weighted by molar-refractivity contribution is 6.16. The van der Waals surface area contributed by atoms with Crippen molar-refractivity contribution >= 4 is 22.8 Å². The summed E-state index contributed by atoms with van der Waals surface area (Å²) in [4.78, 5) is 9.17. The van der Waals surface area contributed by atoms with Crippen LogP contribution in [0.4, 0.5) is 0 Å². The summed E-state index contributed by atoms with van der Waals surface area (Å²) in [6.07, 6.45) is 5.84. The molecule has 1 aliphatic rings. The Balaban J connectivity index is 1.99. The number of pyridine rings is 1. The molecule has 2 aromatic rings. The lowest BCUT2D eigenvalue weighted by molar-refractivity contribution is 0.440. The lowest BCUT2D eigenvalue weighted by atomic mass is 10.1. The van der Waals surface area contributed by atoms with E-state index in [0.717, 1.165) is 35.4 Å². The van der Waals surface area contributed by atoms with Gasteiger partial charge in [0, 0.05) is 12.7 Å². The van der Waals surface area contributed by atoms with Crippen molar-refractivity contribution in [2.45, 2.75) is 45.5 Å². The molecule has 2 atom stereocenters.